The molecule has 0 heterocycles. The SMILES string of the molecule is CC1=C(O)C(=O)C=C2[C@H]3CC[C@@]4(C)[C@H]5C[C@](C)(C(=O)O)CC[C@]5(C)CC[C@]4(C)[C@@H]3CC[C@@]21C. The fourth-order valence-corrected chi connectivity index (χ4v) is 9.64. The first-order valence-electron chi connectivity index (χ1n) is 13.1. The molecule has 0 unspecified atom stereocenters. The van der Waals surface area contributed by atoms with Crippen molar-refractivity contribution in [2.75, 3.05) is 0 Å². The zero-order chi connectivity index (χ0) is 24.2. The molecular formula is C29H42O4. The van der Waals surface area contributed by atoms with E-state index in [-0.39, 0.29) is 33.2 Å². The van der Waals surface area contributed by atoms with Gasteiger partial charge in [0.15, 0.2) is 5.76 Å². The molecule has 2 N–H and O–H groups in total. The first-order valence-corrected chi connectivity index (χ1v) is 13.1. The lowest BCUT2D eigenvalue weighted by Gasteiger charge is -2.71. The molecule has 0 aromatic heterocycles. The van der Waals surface area contributed by atoms with E-state index >= 15 is 0 Å². The molecule has 4 nitrogen and oxygen atoms in total. The Balaban J connectivity index is 1.55. The number of aliphatic hydroxyl groups excluding tert-OH is 1. The van der Waals surface area contributed by atoms with E-state index in [1.54, 1.807) is 6.08 Å². The normalized spacial score (nSPS) is 51.6. The third kappa shape index (κ3) is 2.76. The molecule has 5 rings (SSSR count). The number of carboxylic acid groups (broad SMARTS) is 1. The summed E-state index contributed by atoms with van der Waals surface area (Å²) >= 11 is 0. The van der Waals surface area contributed by atoms with Crippen LogP contribution in [0.3, 0.4) is 0 Å². The summed E-state index contributed by atoms with van der Waals surface area (Å²) in [6, 6.07) is 0. The van der Waals surface area contributed by atoms with Gasteiger partial charge in [0.05, 0.1) is 5.41 Å². The van der Waals surface area contributed by atoms with Crippen molar-refractivity contribution >= 4 is 11.8 Å². The molecule has 5 aliphatic carbocycles. The molecule has 0 radical (unpaired) electrons. The zero-order valence-electron chi connectivity index (χ0n) is 21.4. The highest BCUT2D eigenvalue weighted by Crippen LogP contribution is 2.75. The Morgan fingerprint density at radius 2 is 1.61 bits per heavy atom. The highest BCUT2D eigenvalue weighted by atomic mass is 16.4. The summed E-state index contributed by atoms with van der Waals surface area (Å²) in [5.41, 5.74) is 1.75. The van der Waals surface area contributed by atoms with Gasteiger partial charge in [0.2, 0.25) is 5.78 Å². The molecule has 0 spiro atoms. The summed E-state index contributed by atoms with van der Waals surface area (Å²) < 4.78 is 0. The maximum atomic E-state index is 12.6. The van der Waals surface area contributed by atoms with Gasteiger partial charge in [-0.15, -0.1) is 0 Å². The summed E-state index contributed by atoms with van der Waals surface area (Å²) in [5.74, 6) is 0.414. The Hall–Kier alpha value is -1.58. The van der Waals surface area contributed by atoms with Gasteiger partial charge in [0.1, 0.15) is 0 Å². The Kier molecular flexibility index (Phi) is 4.75. The number of carbonyl (C=O) groups is 2. The number of hydrogen-bond acceptors (Lipinski definition) is 3. The van der Waals surface area contributed by atoms with E-state index in [1.165, 1.54) is 18.4 Å². The second kappa shape index (κ2) is 6.76. The van der Waals surface area contributed by atoms with Crippen LogP contribution in [-0.4, -0.2) is 22.0 Å². The van der Waals surface area contributed by atoms with Crippen molar-refractivity contribution in [3.05, 3.63) is 23.0 Å². The summed E-state index contributed by atoms with van der Waals surface area (Å²) in [7, 11) is 0. The molecule has 5 aliphatic rings. The number of carbonyl (C=O) groups excluding carboxylic acids is 1. The Labute approximate surface area is 198 Å². The first kappa shape index (κ1) is 23.2. The molecule has 33 heavy (non-hydrogen) atoms. The van der Waals surface area contributed by atoms with Crippen LogP contribution in [0.15, 0.2) is 23.0 Å². The summed E-state index contributed by atoms with van der Waals surface area (Å²) in [6.45, 7) is 13.6. The van der Waals surface area contributed by atoms with E-state index in [0.717, 1.165) is 50.5 Å². The van der Waals surface area contributed by atoms with Gasteiger partial charge in [-0.2, -0.15) is 0 Å². The van der Waals surface area contributed by atoms with E-state index in [2.05, 4.69) is 27.7 Å². The highest BCUT2D eigenvalue weighted by Gasteiger charge is 2.67. The molecular weight excluding hydrogens is 412 g/mol. The van der Waals surface area contributed by atoms with Crippen LogP contribution in [0.2, 0.25) is 0 Å². The smallest absolute Gasteiger partial charge is 0.309 e. The minimum atomic E-state index is -0.629. The van der Waals surface area contributed by atoms with Crippen LogP contribution in [0, 0.1) is 44.8 Å². The summed E-state index contributed by atoms with van der Waals surface area (Å²) in [5, 5.41) is 20.5. The van der Waals surface area contributed by atoms with Crippen LogP contribution in [0.4, 0.5) is 0 Å². The van der Waals surface area contributed by atoms with Crippen LogP contribution in [-0.2, 0) is 9.59 Å². The van der Waals surface area contributed by atoms with Gasteiger partial charge < -0.3 is 10.2 Å². The van der Waals surface area contributed by atoms with Gasteiger partial charge in [-0.05, 0) is 117 Å². The predicted molar refractivity (Wildman–Crippen MR) is 129 cm³/mol. The van der Waals surface area contributed by atoms with Crippen LogP contribution < -0.4 is 0 Å². The lowest BCUT2D eigenvalue weighted by atomic mass is 9.33. The number of fused-ring (bicyclic) bond motifs is 7. The monoisotopic (exact) mass is 454 g/mol. The third-order valence-electron chi connectivity index (χ3n) is 12.5. The lowest BCUT2D eigenvalue weighted by molar-refractivity contribution is -0.210. The maximum Gasteiger partial charge on any atom is 0.309 e. The van der Waals surface area contributed by atoms with Crippen molar-refractivity contribution in [2.24, 2.45) is 44.8 Å². The molecule has 4 saturated carbocycles. The molecule has 4 heteroatoms. The summed E-state index contributed by atoms with van der Waals surface area (Å²) in [4.78, 5) is 24.9. The second-order valence-corrected chi connectivity index (χ2v) is 13.7. The lowest BCUT2D eigenvalue weighted by Crippen LogP contribution is -2.63. The number of aliphatic carboxylic acids is 1. The van der Waals surface area contributed by atoms with Crippen molar-refractivity contribution in [3.63, 3.8) is 0 Å². The number of rotatable bonds is 1. The molecule has 0 aromatic rings. The molecule has 0 saturated heterocycles. The first-order chi connectivity index (χ1) is 15.2. The standard InChI is InChI=1S/C29H42O4/c1-17-23(31)21(30)15-20-18-7-10-29(6)22-16-26(3,24(32)33)12-11-25(22,2)13-14-28(29,5)19(18)8-9-27(17,20)4/h15,18-19,22,31H,7-14,16H2,1-6H3,(H,32,33)/t18-,19+,22-,25+,26+,27+,28+,29-/m0/s1. The fraction of sp³-hybridized carbons (Fsp3) is 0.793. The number of ketones is 1. The van der Waals surface area contributed by atoms with E-state index in [4.69, 9.17) is 0 Å². The Bertz CT molecular complexity index is 992. The largest absolute Gasteiger partial charge is 0.504 e. The Morgan fingerprint density at radius 1 is 0.939 bits per heavy atom. The second-order valence-electron chi connectivity index (χ2n) is 13.7. The zero-order valence-corrected chi connectivity index (χ0v) is 21.4. The molecule has 182 valence electrons. The molecule has 0 aliphatic heterocycles. The van der Waals surface area contributed by atoms with Gasteiger partial charge in [-0.25, -0.2) is 0 Å². The number of allylic oxidation sites excluding steroid dienone is 3. The van der Waals surface area contributed by atoms with Crippen LogP contribution >= 0.6 is 0 Å². The molecule has 4 fully saturated rings. The van der Waals surface area contributed by atoms with Gasteiger partial charge in [0, 0.05) is 5.41 Å². The Morgan fingerprint density at radius 3 is 2.27 bits per heavy atom. The van der Waals surface area contributed by atoms with Gasteiger partial charge >= 0.3 is 5.97 Å². The molecule has 0 bridgehead atoms. The van der Waals surface area contributed by atoms with E-state index in [1.807, 2.05) is 13.8 Å². The van der Waals surface area contributed by atoms with Gasteiger partial charge in [0.25, 0.3) is 0 Å². The molecule has 0 aromatic carbocycles. The van der Waals surface area contributed by atoms with Gasteiger partial charge in [-0.1, -0.05) is 33.3 Å². The van der Waals surface area contributed by atoms with Crippen LogP contribution in [0.5, 0.6) is 0 Å². The minimum absolute atomic E-state index is 0.0462. The topological polar surface area (TPSA) is 74.6 Å². The fourth-order valence-electron chi connectivity index (χ4n) is 9.64. The van der Waals surface area contributed by atoms with Crippen molar-refractivity contribution < 1.29 is 19.8 Å². The average molecular weight is 455 g/mol. The molecule has 0 amide bonds. The van der Waals surface area contributed by atoms with Crippen LogP contribution in [0.1, 0.15) is 99.3 Å². The number of carboxylic acids is 1. The van der Waals surface area contributed by atoms with Crippen molar-refractivity contribution in [2.45, 2.75) is 99.3 Å². The third-order valence-corrected chi connectivity index (χ3v) is 12.5. The maximum absolute atomic E-state index is 12.6. The van der Waals surface area contributed by atoms with E-state index in [9.17, 15) is 19.8 Å². The van der Waals surface area contributed by atoms with Gasteiger partial charge in [-0.3, -0.25) is 9.59 Å². The van der Waals surface area contributed by atoms with Crippen LogP contribution in [0.25, 0.3) is 0 Å². The summed E-state index contributed by atoms with van der Waals surface area (Å²) in [6.07, 6.45) is 11.0. The van der Waals surface area contributed by atoms with Crippen molar-refractivity contribution in [1.29, 1.82) is 0 Å². The number of aliphatic hydroxyl groups is 1. The number of hydrogen-bond donors (Lipinski definition) is 2. The quantitative estimate of drug-likeness (QED) is 0.454. The average Bonchev–Trinajstić information content (AvgIpc) is 2.76. The highest BCUT2D eigenvalue weighted by molar-refractivity contribution is 6.04. The van der Waals surface area contributed by atoms with Crippen molar-refractivity contribution in [3.8, 4) is 0 Å². The van der Waals surface area contributed by atoms with Crippen molar-refractivity contribution in [1.82, 2.24) is 0 Å². The van der Waals surface area contributed by atoms with E-state index in [0.29, 0.717) is 17.8 Å². The predicted octanol–water partition coefficient (Wildman–Crippen LogP) is 6.86. The minimum Gasteiger partial charge on any atom is -0.504 e. The molecule has 8 atom stereocenters. The van der Waals surface area contributed by atoms with E-state index < -0.39 is 11.4 Å².